The summed E-state index contributed by atoms with van der Waals surface area (Å²) in [6.07, 6.45) is 0. The summed E-state index contributed by atoms with van der Waals surface area (Å²) in [4.78, 5) is 29.1. The van der Waals surface area contributed by atoms with Gasteiger partial charge in [0.2, 0.25) is 0 Å². The molecule has 1 aromatic heterocycles. The van der Waals surface area contributed by atoms with Crippen molar-refractivity contribution in [3.05, 3.63) is 55.8 Å². The lowest BCUT2D eigenvalue weighted by atomic mass is 10.1. The van der Waals surface area contributed by atoms with Gasteiger partial charge in [-0.05, 0) is 24.1 Å². The Labute approximate surface area is 127 Å². The smallest absolute Gasteiger partial charge is 0.334 e. The van der Waals surface area contributed by atoms with Gasteiger partial charge in [0.15, 0.2) is 0 Å². The summed E-state index contributed by atoms with van der Waals surface area (Å²) in [5.41, 5.74) is 0.914. The molecule has 1 heterocycles. The summed E-state index contributed by atoms with van der Waals surface area (Å²) < 4.78 is 1.12. The van der Waals surface area contributed by atoms with Crippen LogP contribution in [0.15, 0.2) is 33.9 Å². The highest BCUT2D eigenvalue weighted by Gasteiger charge is 2.16. The van der Waals surface area contributed by atoms with Crippen molar-refractivity contribution in [1.29, 1.82) is 0 Å². The zero-order chi connectivity index (χ0) is 15.7. The van der Waals surface area contributed by atoms with E-state index in [1.165, 1.54) is 0 Å². The normalized spacial score (nSPS) is 11.0. The Morgan fingerprint density at radius 3 is 2.48 bits per heavy atom. The van der Waals surface area contributed by atoms with Crippen LogP contribution in [0, 0.1) is 0 Å². The Hall–Kier alpha value is -2.01. The largest absolute Gasteiger partial charge is 0.378 e. The molecule has 0 aliphatic heterocycles. The number of H-pyrrole nitrogens is 1. The molecule has 1 N–H and O–H groups in total. The molecule has 0 radical (unpaired) electrons. The second-order valence-electron chi connectivity index (χ2n) is 5.37. The molecule has 0 fully saturated rings. The van der Waals surface area contributed by atoms with Gasteiger partial charge in [-0.25, -0.2) is 9.36 Å². The van der Waals surface area contributed by atoms with Crippen LogP contribution in [0.2, 0.25) is 5.15 Å². The van der Waals surface area contributed by atoms with Gasteiger partial charge in [-0.2, -0.15) is 0 Å². The number of benzene rings is 1. The van der Waals surface area contributed by atoms with Gasteiger partial charge < -0.3 is 4.90 Å². The third-order valence-corrected chi connectivity index (χ3v) is 3.57. The lowest BCUT2D eigenvalue weighted by molar-refractivity contribution is 0.777. The summed E-state index contributed by atoms with van der Waals surface area (Å²) in [6, 6.07) is 7.22. The minimum Gasteiger partial charge on any atom is -0.378 e. The van der Waals surface area contributed by atoms with Crippen LogP contribution in [-0.2, 0) is 0 Å². The second-order valence-corrected chi connectivity index (χ2v) is 5.75. The minimum atomic E-state index is -0.537. The zero-order valence-corrected chi connectivity index (χ0v) is 13.2. The van der Waals surface area contributed by atoms with Gasteiger partial charge in [0.1, 0.15) is 5.15 Å². The first-order chi connectivity index (χ1) is 9.82. The molecule has 0 saturated heterocycles. The van der Waals surface area contributed by atoms with Crippen LogP contribution in [0.4, 0.5) is 5.69 Å². The van der Waals surface area contributed by atoms with Crippen LogP contribution in [0.25, 0.3) is 5.69 Å². The molecular formula is C15H18ClN3O2. The number of nitrogens with zero attached hydrogens (tertiary/aromatic N) is 2. The number of anilines is 1. The minimum absolute atomic E-state index is 0.0786. The fourth-order valence-corrected chi connectivity index (χ4v) is 2.55. The summed E-state index contributed by atoms with van der Waals surface area (Å²) in [6.45, 7) is 3.73. The van der Waals surface area contributed by atoms with Gasteiger partial charge in [0.05, 0.1) is 11.3 Å². The van der Waals surface area contributed by atoms with E-state index in [-0.39, 0.29) is 16.6 Å². The summed E-state index contributed by atoms with van der Waals surface area (Å²) in [7, 11) is 3.79. The molecule has 2 aromatic rings. The fraction of sp³-hybridized carbons (Fsp3) is 0.333. The van der Waals surface area contributed by atoms with Crippen molar-refractivity contribution in [2.45, 2.75) is 19.8 Å². The molecule has 2 rings (SSSR count). The number of aromatic amines is 1. The number of hydrogen-bond acceptors (Lipinski definition) is 3. The van der Waals surface area contributed by atoms with Gasteiger partial charge in [0, 0.05) is 19.8 Å². The molecule has 0 amide bonds. The van der Waals surface area contributed by atoms with Gasteiger partial charge in [-0.15, -0.1) is 0 Å². The van der Waals surface area contributed by atoms with E-state index < -0.39 is 5.69 Å². The molecule has 112 valence electrons. The third kappa shape index (κ3) is 2.88. The summed E-state index contributed by atoms with van der Waals surface area (Å²) in [5.74, 6) is -0.0786. The molecule has 0 bridgehead atoms. The molecule has 0 aliphatic carbocycles. The van der Waals surface area contributed by atoms with Crippen molar-refractivity contribution >= 4 is 17.3 Å². The van der Waals surface area contributed by atoms with E-state index in [0.29, 0.717) is 11.3 Å². The number of halogens is 1. The predicted molar refractivity (Wildman–Crippen MR) is 86.1 cm³/mol. The van der Waals surface area contributed by atoms with Crippen molar-refractivity contribution in [3.63, 3.8) is 0 Å². The first-order valence-electron chi connectivity index (χ1n) is 6.65. The lowest BCUT2D eigenvalue weighted by Gasteiger charge is -2.15. The lowest BCUT2D eigenvalue weighted by Crippen LogP contribution is -2.36. The van der Waals surface area contributed by atoms with Crippen LogP contribution in [-0.4, -0.2) is 23.6 Å². The number of rotatable bonds is 3. The highest BCUT2D eigenvalue weighted by Crippen LogP contribution is 2.19. The Balaban J connectivity index is 2.76. The van der Waals surface area contributed by atoms with E-state index >= 15 is 0 Å². The molecule has 1 aromatic carbocycles. The van der Waals surface area contributed by atoms with E-state index in [0.717, 1.165) is 10.3 Å². The van der Waals surface area contributed by atoms with Crippen molar-refractivity contribution in [3.8, 4) is 5.69 Å². The number of nitrogens with one attached hydrogen (secondary N) is 1. The highest BCUT2D eigenvalue weighted by molar-refractivity contribution is 6.30. The molecule has 0 spiro atoms. The Morgan fingerprint density at radius 1 is 1.24 bits per heavy atom. The third-order valence-electron chi connectivity index (χ3n) is 3.27. The molecule has 21 heavy (non-hydrogen) atoms. The fourth-order valence-electron chi connectivity index (χ4n) is 2.17. The van der Waals surface area contributed by atoms with Crippen molar-refractivity contribution in [2.75, 3.05) is 19.0 Å². The predicted octanol–water partition coefficient (Wildman–Crippen LogP) is 2.37. The van der Waals surface area contributed by atoms with E-state index in [4.69, 9.17) is 11.6 Å². The summed E-state index contributed by atoms with van der Waals surface area (Å²) in [5, 5.41) is 0.111. The molecule has 0 atom stereocenters. The van der Waals surface area contributed by atoms with Crippen molar-refractivity contribution < 1.29 is 0 Å². The van der Waals surface area contributed by atoms with Gasteiger partial charge in [0.25, 0.3) is 5.56 Å². The van der Waals surface area contributed by atoms with E-state index in [9.17, 15) is 9.59 Å². The van der Waals surface area contributed by atoms with E-state index in [2.05, 4.69) is 4.98 Å². The number of hydrogen-bond donors (Lipinski definition) is 1. The average Bonchev–Trinajstić information content (AvgIpc) is 2.37. The average molecular weight is 308 g/mol. The maximum atomic E-state index is 12.6. The summed E-state index contributed by atoms with van der Waals surface area (Å²) >= 11 is 5.99. The first-order valence-corrected chi connectivity index (χ1v) is 7.03. The van der Waals surface area contributed by atoms with Crippen LogP contribution in [0.3, 0.4) is 0 Å². The Bertz CT molecular complexity index is 775. The molecule has 0 saturated carbocycles. The quantitative estimate of drug-likeness (QED) is 0.886. The van der Waals surface area contributed by atoms with Crippen LogP contribution in [0.5, 0.6) is 0 Å². The monoisotopic (exact) mass is 307 g/mol. The Morgan fingerprint density at radius 2 is 1.90 bits per heavy atom. The van der Waals surface area contributed by atoms with Crippen LogP contribution >= 0.6 is 11.6 Å². The first kappa shape index (κ1) is 15.4. The molecule has 0 aliphatic rings. The molecule has 5 nitrogen and oxygen atoms in total. The second kappa shape index (κ2) is 5.77. The van der Waals surface area contributed by atoms with E-state index in [1.54, 1.807) is 18.2 Å². The standard InChI is InChI=1S/C15H18ClN3O2/c1-9(2)12-13(16)17-15(21)19(14(12)20)11-7-5-6-10(8-11)18(3)4/h5-9H,1-4H3,(H,17,21). The maximum absolute atomic E-state index is 12.6. The van der Waals surface area contributed by atoms with Gasteiger partial charge >= 0.3 is 5.69 Å². The number of aromatic nitrogens is 2. The van der Waals surface area contributed by atoms with Crippen molar-refractivity contribution in [2.24, 2.45) is 0 Å². The van der Waals surface area contributed by atoms with Crippen LogP contribution < -0.4 is 16.1 Å². The van der Waals surface area contributed by atoms with Crippen molar-refractivity contribution in [1.82, 2.24) is 9.55 Å². The zero-order valence-electron chi connectivity index (χ0n) is 12.5. The SMILES string of the molecule is CC(C)c1c(Cl)[nH]c(=O)n(-c2cccc(N(C)C)c2)c1=O. The molecule has 0 unspecified atom stereocenters. The molecular weight excluding hydrogens is 290 g/mol. The van der Waals surface area contributed by atoms with Crippen LogP contribution in [0.1, 0.15) is 25.3 Å². The van der Waals surface area contributed by atoms with Gasteiger partial charge in [-0.3, -0.25) is 9.78 Å². The van der Waals surface area contributed by atoms with E-state index in [1.807, 2.05) is 38.9 Å². The highest BCUT2D eigenvalue weighted by atomic mass is 35.5. The topological polar surface area (TPSA) is 58.1 Å². The van der Waals surface area contributed by atoms with Gasteiger partial charge in [-0.1, -0.05) is 31.5 Å². The Kier molecular flexibility index (Phi) is 4.23. The maximum Gasteiger partial charge on any atom is 0.334 e. The molecule has 6 heteroatoms.